The van der Waals surface area contributed by atoms with Crippen molar-refractivity contribution in [3.63, 3.8) is 0 Å². The zero-order valence-electron chi connectivity index (χ0n) is 11.4. The molecule has 0 radical (unpaired) electrons. The molecule has 1 aromatic carbocycles. The molecule has 1 aromatic heterocycles. The van der Waals surface area contributed by atoms with Crippen LogP contribution in [-0.4, -0.2) is 51.3 Å². The Bertz CT molecular complexity index is 529. The van der Waals surface area contributed by atoms with Crippen molar-refractivity contribution in [2.45, 2.75) is 19.0 Å². The molecule has 1 N–H and O–H groups in total. The molecule has 20 heavy (non-hydrogen) atoms. The lowest BCUT2D eigenvalue weighted by Crippen LogP contribution is -2.30. The highest BCUT2D eigenvalue weighted by molar-refractivity contribution is 5.85. The van der Waals surface area contributed by atoms with Crippen molar-refractivity contribution in [2.75, 3.05) is 20.1 Å². The van der Waals surface area contributed by atoms with Crippen LogP contribution in [-0.2, 0) is 6.54 Å². The standard InChI is InChI=1S/C13H18N6.ClH/c1-14-11-7-8-18(9-11)10-13-15-16-17-19(13)12-5-3-2-4-6-12;/h2-6,11,14H,7-10H2,1H3;1H. The maximum Gasteiger partial charge on any atom is 0.170 e. The molecule has 0 saturated carbocycles. The quantitative estimate of drug-likeness (QED) is 0.907. The van der Waals surface area contributed by atoms with Gasteiger partial charge in [0.15, 0.2) is 5.82 Å². The van der Waals surface area contributed by atoms with Gasteiger partial charge >= 0.3 is 0 Å². The average Bonchev–Trinajstić information content (AvgIpc) is 3.09. The topological polar surface area (TPSA) is 58.9 Å². The highest BCUT2D eigenvalue weighted by Crippen LogP contribution is 2.13. The minimum Gasteiger partial charge on any atom is -0.316 e. The molecule has 6 nitrogen and oxygen atoms in total. The largest absolute Gasteiger partial charge is 0.316 e. The lowest BCUT2D eigenvalue weighted by molar-refractivity contribution is 0.311. The van der Waals surface area contributed by atoms with Crippen molar-refractivity contribution in [3.05, 3.63) is 36.2 Å². The minimum absolute atomic E-state index is 0. The average molecular weight is 295 g/mol. The summed E-state index contributed by atoms with van der Waals surface area (Å²) in [4.78, 5) is 2.38. The lowest BCUT2D eigenvalue weighted by atomic mass is 10.3. The van der Waals surface area contributed by atoms with Crippen molar-refractivity contribution in [2.24, 2.45) is 0 Å². The van der Waals surface area contributed by atoms with Crippen LogP contribution < -0.4 is 5.32 Å². The van der Waals surface area contributed by atoms with Crippen LogP contribution in [0.3, 0.4) is 0 Å². The summed E-state index contributed by atoms with van der Waals surface area (Å²) in [5, 5.41) is 15.3. The first-order valence-electron chi connectivity index (χ1n) is 6.59. The monoisotopic (exact) mass is 294 g/mol. The fourth-order valence-corrected chi connectivity index (χ4v) is 2.49. The van der Waals surface area contributed by atoms with E-state index >= 15 is 0 Å². The van der Waals surface area contributed by atoms with Gasteiger partial charge in [-0.05, 0) is 36.0 Å². The van der Waals surface area contributed by atoms with Crippen molar-refractivity contribution >= 4 is 12.4 Å². The molecule has 0 bridgehead atoms. The summed E-state index contributed by atoms with van der Waals surface area (Å²) >= 11 is 0. The number of hydrogen-bond acceptors (Lipinski definition) is 5. The normalized spacial score (nSPS) is 18.9. The molecule has 1 atom stereocenters. The summed E-state index contributed by atoms with van der Waals surface area (Å²) in [5.74, 6) is 0.892. The van der Waals surface area contributed by atoms with E-state index in [4.69, 9.17) is 0 Å². The van der Waals surface area contributed by atoms with Crippen molar-refractivity contribution < 1.29 is 0 Å². The van der Waals surface area contributed by atoms with Gasteiger partial charge in [-0.3, -0.25) is 4.90 Å². The van der Waals surface area contributed by atoms with Crippen LogP contribution in [0.25, 0.3) is 5.69 Å². The Labute approximate surface area is 124 Å². The Kier molecular flexibility index (Phi) is 5.05. The van der Waals surface area contributed by atoms with Gasteiger partial charge < -0.3 is 5.32 Å². The van der Waals surface area contributed by atoms with Gasteiger partial charge in [-0.1, -0.05) is 18.2 Å². The minimum atomic E-state index is 0. The van der Waals surface area contributed by atoms with Crippen LogP contribution >= 0.6 is 12.4 Å². The number of benzene rings is 1. The SMILES string of the molecule is CNC1CCN(Cc2nnnn2-c2ccccc2)C1.Cl. The third-order valence-corrected chi connectivity index (χ3v) is 3.58. The second-order valence-corrected chi connectivity index (χ2v) is 4.85. The molecule has 3 rings (SSSR count). The summed E-state index contributed by atoms with van der Waals surface area (Å²) in [5.41, 5.74) is 1.01. The third kappa shape index (κ3) is 3.15. The number of tetrazole rings is 1. The van der Waals surface area contributed by atoms with Crippen LogP contribution in [0, 0.1) is 0 Å². The number of aromatic nitrogens is 4. The van der Waals surface area contributed by atoms with Gasteiger partial charge in [0, 0.05) is 19.1 Å². The van der Waals surface area contributed by atoms with E-state index in [0.29, 0.717) is 6.04 Å². The zero-order valence-corrected chi connectivity index (χ0v) is 12.3. The molecule has 0 aliphatic carbocycles. The molecule has 1 fully saturated rings. The van der Waals surface area contributed by atoms with Crippen LogP contribution in [0.4, 0.5) is 0 Å². The van der Waals surface area contributed by atoms with E-state index in [9.17, 15) is 0 Å². The number of likely N-dealkylation sites (tertiary alicyclic amines) is 1. The first-order valence-corrected chi connectivity index (χ1v) is 6.59. The number of likely N-dealkylation sites (N-methyl/N-ethyl adjacent to an activating group) is 1. The maximum atomic E-state index is 4.15. The second-order valence-electron chi connectivity index (χ2n) is 4.85. The fraction of sp³-hybridized carbons (Fsp3) is 0.462. The molecule has 1 aliphatic rings. The Hall–Kier alpha value is -1.50. The molecular formula is C13H19ClN6. The molecule has 1 aliphatic heterocycles. The Morgan fingerprint density at radius 2 is 2.10 bits per heavy atom. The van der Waals surface area contributed by atoms with Gasteiger partial charge in [-0.2, -0.15) is 4.68 Å². The first-order chi connectivity index (χ1) is 9.36. The van der Waals surface area contributed by atoms with Gasteiger partial charge in [-0.25, -0.2) is 0 Å². The fourth-order valence-electron chi connectivity index (χ4n) is 2.49. The van der Waals surface area contributed by atoms with Crippen LogP contribution in [0.5, 0.6) is 0 Å². The van der Waals surface area contributed by atoms with Crippen molar-refractivity contribution in [1.82, 2.24) is 30.4 Å². The molecule has 2 aromatic rings. The lowest BCUT2D eigenvalue weighted by Gasteiger charge is -2.15. The van der Waals surface area contributed by atoms with Gasteiger partial charge in [0.05, 0.1) is 12.2 Å². The summed E-state index contributed by atoms with van der Waals surface area (Å²) in [7, 11) is 2.02. The summed E-state index contributed by atoms with van der Waals surface area (Å²) in [6.07, 6.45) is 1.18. The number of nitrogens with zero attached hydrogens (tertiary/aromatic N) is 5. The molecule has 1 saturated heterocycles. The van der Waals surface area contributed by atoms with Crippen LogP contribution in [0.2, 0.25) is 0 Å². The second kappa shape index (κ2) is 6.78. The highest BCUT2D eigenvalue weighted by Gasteiger charge is 2.22. The molecule has 2 heterocycles. The van der Waals surface area contributed by atoms with Crippen molar-refractivity contribution in [1.29, 1.82) is 0 Å². The predicted octanol–water partition coefficient (Wildman–Crippen LogP) is 0.878. The zero-order chi connectivity index (χ0) is 13.1. The van der Waals surface area contributed by atoms with E-state index in [2.05, 4.69) is 25.7 Å². The summed E-state index contributed by atoms with van der Waals surface area (Å²) in [6, 6.07) is 10.6. The maximum absolute atomic E-state index is 4.15. The van der Waals surface area contributed by atoms with Crippen molar-refractivity contribution in [3.8, 4) is 5.69 Å². The van der Waals surface area contributed by atoms with Gasteiger partial charge in [0.25, 0.3) is 0 Å². The molecule has 0 amide bonds. The number of rotatable bonds is 4. The molecule has 7 heteroatoms. The number of halogens is 1. The van der Waals surface area contributed by atoms with E-state index < -0.39 is 0 Å². The Morgan fingerprint density at radius 3 is 2.80 bits per heavy atom. The van der Waals surface area contributed by atoms with Crippen LogP contribution in [0.1, 0.15) is 12.2 Å². The van der Waals surface area contributed by atoms with E-state index in [0.717, 1.165) is 31.1 Å². The number of hydrogen-bond donors (Lipinski definition) is 1. The Morgan fingerprint density at radius 1 is 1.30 bits per heavy atom. The smallest absolute Gasteiger partial charge is 0.170 e. The Balaban J connectivity index is 0.00000147. The van der Waals surface area contributed by atoms with E-state index in [-0.39, 0.29) is 12.4 Å². The molecule has 1 unspecified atom stereocenters. The van der Waals surface area contributed by atoms with Gasteiger partial charge in [-0.15, -0.1) is 17.5 Å². The summed E-state index contributed by atoms with van der Waals surface area (Å²) in [6.45, 7) is 2.94. The van der Waals surface area contributed by atoms with E-state index in [1.165, 1.54) is 6.42 Å². The van der Waals surface area contributed by atoms with Crippen LogP contribution in [0.15, 0.2) is 30.3 Å². The summed E-state index contributed by atoms with van der Waals surface area (Å²) < 4.78 is 1.81. The molecular weight excluding hydrogens is 276 g/mol. The number of nitrogens with one attached hydrogen (secondary N) is 1. The molecule has 0 spiro atoms. The van der Waals surface area contributed by atoms with Gasteiger partial charge in [0.1, 0.15) is 0 Å². The predicted molar refractivity (Wildman–Crippen MR) is 79.1 cm³/mol. The first kappa shape index (κ1) is 14.9. The number of para-hydroxylation sites is 1. The van der Waals surface area contributed by atoms with Gasteiger partial charge in [0.2, 0.25) is 0 Å². The van der Waals surface area contributed by atoms with E-state index in [1.807, 2.05) is 42.1 Å². The molecule has 108 valence electrons. The van der Waals surface area contributed by atoms with E-state index in [1.54, 1.807) is 0 Å². The highest BCUT2D eigenvalue weighted by atomic mass is 35.5. The third-order valence-electron chi connectivity index (χ3n) is 3.58.